The molecule has 0 bridgehead atoms. The van der Waals surface area contributed by atoms with E-state index in [4.69, 9.17) is 28.4 Å². The van der Waals surface area contributed by atoms with Crippen molar-refractivity contribution in [2.75, 3.05) is 20.5 Å². The fourth-order valence-corrected chi connectivity index (χ4v) is 4.20. The summed E-state index contributed by atoms with van der Waals surface area (Å²) in [5.74, 6) is -1.53. The van der Waals surface area contributed by atoms with E-state index in [0.717, 1.165) is 0 Å². The van der Waals surface area contributed by atoms with Gasteiger partial charge >= 0.3 is 11.9 Å². The van der Waals surface area contributed by atoms with Crippen LogP contribution in [-0.4, -0.2) is 67.7 Å². The predicted octanol–water partition coefficient (Wildman–Crippen LogP) is 3.83. The Labute approximate surface area is 238 Å². The monoisotopic (exact) mass is 576 g/mol. The number of nitrogens with one attached hydrogen (secondary N) is 1. The molecule has 0 radical (unpaired) electrons. The zero-order chi connectivity index (χ0) is 29.9. The van der Waals surface area contributed by atoms with Gasteiger partial charge in [-0.05, 0) is 56.4 Å². The van der Waals surface area contributed by atoms with Crippen LogP contribution in [-0.2, 0) is 23.8 Å². The summed E-state index contributed by atoms with van der Waals surface area (Å²) >= 11 is 0. The summed E-state index contributed by atoms with van der Waals surface area (Å²) in [5, 5.41) is 2.69. The molecule has 0 aliphatic carbocycles. The number of ether oxygens (including phenoxy) is 6. The Morgan fingerprint density at radius 1 is 1.17 bits per heavy atom. The Hall–Kier alpha value is -3.93. The van der Waals surface area contributed by atoms with Gasteiger partial charge in [-0.25, -0.2) is 14.2 Å². The summed E-state index contributed by atoms with van der Waals surface area (Å²) in [6, 6.07) is 6.05. The molecule has 0 saturated carbocycles. The summed E-state index contributed by atoms with van der Waals surface area (Å²) in [6.07, 6.45) is 0.750. The van der Waals surface area contributed by atoms with Gasteiger partial charge in [-0.15, -0.1) is 0 Å². The molecule has 224 valence electrons. The third kappa shape index (κ3) is 9.31. The van der Waals surface area contributed by atoms with Crippen LogP contribution >= 0.6 is 0 Å². The van der Waals surface area contributed by atoms with Crippen LogP contribution in [0.5, 0.6) is 17.2 Å². The third-order valence-electron chi connectivity index (χ3n) is 6.20. The number of esters is 2. The maximum absolute atomic E-state index is 13.5. The smallest absolute Gasteiger partial charge is 0.329 e. The largest absolute Gasteiger partial charge is 0.493 e. The second-order valence-electron chi connectivity index (χ2n) is 9.99. The molecule has 2 heterocycles. The molecule has 1 N–H and O–H groups in total. The second-order valence-corrected chi connectivity index (χ2v) is 9.99. The Morgan fingerprint density at radius 2 is 1.90 bits per heavy atom. The number of rotatable bonds is 11. The Kier molecular flexibility index (Phi) is 11.7. The minimum atomic E-state index is -1.01. The number of halogens is 1. The van der Waals surface area contributed by atoms with E-state index in [1.807, 2.05) is 13.8 Å². The van der Waals surface area contributed by atoms with Gasteiger partial charge in [0.2, 0.25) is 6.79 Å². The molecule has 0 unspecified atom stereocenters. The van der Waals surface area contributed by atoms with Crippen LogP contribution in [0.15, 0.2) is 36.5 Å². The lowest BCUT2D eigenvalue weighted by Crippen LogP contribution is -2.47. The van der Waals surface area contributed by atoms with E-state index >= 15 is 0 Å². The number of hydrogen-bond donors (Lipinski definition) is 1. The topological polar surface area (TPSA) is 132 Å². The minimum Gasteiger partial charge on any atom is -0.493 e. The van der Waals surface area contributed by atoms with Crippen LogP contribution in [0.1, 0.15) is 57.4 Å². The molecule has 1 aliphatic rings. The average Bonchev–Trinajstić information content (AvgIpc) is 2.97. The van der Waals surface area contributed by atoms with Crippen molar-refractivity contribution in [2.45, 2.75) is 71.3 Å². The molecule has 11 nitrogen and oxygen atoms in total. The lowest BCUT2D eigenvalue weighted by molar-refractivity contribution is -0.159. The summed E-state index contributed by atoms with van der Waals surface area (Å²) in [5.41, 5.74) is -0.159. The molecule has 2 aromatic rings. The molecular weight excluding hydrogens is 539 g/mol. The first kappa shape index (κ1) is 31.6. The van der Waals surface area contributed by atoms with Gasteiger partial charge in [-0.2, -0.15) is 0 Å². The zero-order valence-electron chi connectivity index (χ0n) is 23.9. The molecule has 1 aliphatic heterocycles. The first-order valence-electron chi connectivity index (χ1n) is 13.4. The quantitative estimate of drug-likeness (QED) is 0.311. The lowest BCUT2D eigenvalue weighted by Gasteiger charge is -2.32. The van der Waals surface area contributed by atoms with E-state index in [1.165, 1.54) is 50.6 Å². The van der Waals surface area contributed by atoms with Crippen molar-refractivity contribution in [1.82, 2.24) is 10.3 Å². The number of benzene rings is 1. The van der Waals surface area contributed by atoms with Gasteiger partial charge in [-0.1, -0.05) is 13.8 Å². The maximum atomic E-state index is 13.5. The summed E-state index contributed by atoms with van der Waals surface area (Å²) in [4.78, 5) is 41.8. The molecule has 1 fully saturated rings. The van der Waals surface area contributed by atoms with Gasteiger partial charge in [0.25, 0.3) is 5.91 Å². The van der Waals surface area contributed by atoms with Gasteiger partial charge in [0, 0.05) is 25.8 Å². The number of pyridine rings is 1. The van der Waals surface area contributed by atoms with E-state index in [9.17, 15) is 18.8 Å². The Bertz CT molecular complexity index is 1180. The average molecular weight is 577 g/mol. The van der Waals surface area contributed by atoms with Crippen molar-refractivity contribution in [2.24, 2.45) is 5.92 Å². The number of carbonyl (C=O) groups is 3. The van der Waals surface area contributed by atoms with Gasteiger partial charge in [0.1, 0.15) is 23.7 Å². The molecule has 1 aromatic heterocycles. The lowest BCUT2D eigenvalue weighted by atomic mass is 10.0. The van der Waals surface area contributed by atoms with Crippen molar-refractivity contribution < 1.29 is 47.2 Å². The number of amides is 1. The fourth-order valence-electron chi connectivity index (χ4n) is 4.20. The van der Waals surface area contributed by atoms with Gasteiger partial charge in [0.05, 0.1) is 13.2 Å². The molecule has 41 heavy (non-hydrogen) atoms. The standard InChI is InChI=1S/C29H37FN2O9/c1-17(2)15-37-24-8-6-7-22(29(35)40-18(3)26(24)41-21-11-9-20(30)10-12-21)32-28(34)25-27(39-16-38-19(4)33)23(36-5)13-14-31-25/h9-14,17-18,22,24,26H,6-8,15-16H2,1-5H3,(H,32,34)/t18-,22-,24-,26-/m0/s1. The molecule has 3 rings (SSSR count). The number of aromatic nitrogens is 1. The number of cyclic esters (lactones) is 1. The highest BCUT2D eigenvalue weighted by Crippen LogP contribution is 2.30. The van der Waals surface area contributed by atoms with Crippen molar-refractivity contribution >= 4 is 17.8 Å². The first-order chi connectivity index (χ1) is 19.6. The highest BCUT2D eigenvalue weighted by Gasteiger charge is 2.37. The molecule has 1 amide bonds. The molecule has 0 spiro atoms. The summed E-state index contributed by atoms with van der Waals surface area (Å²) in [6.45, 7) is 6.95. The third-order valence-corrected chi connectivity index (χ3v) is 6.20. The SMILES string of the molecule is COc1ccnc(C(=O)N[C@H]2CCC[C@H](OCC(C)C)[C@@H](Oc3ccc(F)cc3)[C@H](C)OC2=O)c1OCOC(C)=O. The van der Waals surface area contributed by atoms with E-state index < -0.39 is 54.8 Å². The van der Waals surface area contributed by atoms with Gasteiger partial charge in [-0.3, -0.25) is 9.59 Å². The van der Waals surface area contributed by atoms with Crippen LogP contribution in [0.2, 0.25) is 0 Å². The first-order valence-corrected chi connectivity index (χ1v) is 13.4. The van der Waals surface area contributed by atoms with Crippen molar-refractivity contribution in [1.29, 1.82) is 0 Å². The van der Waals surface area contributed by atoms with Gasteiger partial charge in [0.15, 0.2) is 23.3 Å². The van der Waals surface area contributed by atoms with Crippen molar-refractivity contribution in [3.05, 3.63) is 48.0 Å². The summed E-state index contributed by atoms with van der Waals surface area (Å²) in [7, 11) is 1.38. The molecule has 1 saturated heterocycles. The van der Waals surface area contributed by atoms with E-state index in [-0.39, 0.29) is 29.5 Å². The predicted molar refractivity (Wildman–Crippen MR) is 144 cm³/mol. The molecule has 1 aromatic carbocycles. The normalized spacial score (nSPS) is 21.1. The number of hydrogen-bond acceptors (Lipinski definition) is 10. The minimum absolute atomic E-state index is 0.0477. The van der Waals surface area contributed by atoms with E-state index in [2.05, 4.69) is 10.3 Å². The van der Waals surface area contributed by atoms with Crippen LogP contribution in [0.3, 0.4) is 0 Å². The zero-order valence-corrected chi connectivity index (χ0v) is 23.9. The highest BCUT2D eigenvalue weighted by atomic mass is 19.1. The molecule has 4 atom stereocenters. The summed E-state index contributed by atoms with van der Waals surface area (Å²) < 4.78 is 47.1. The van der Waals surface area contributed by atoms with Gasteiger partial charge < -0.3 is 33.7 Å². The van der Waals surface area contributed by atoms with Crippen molar-refractivity contribution in [3.63, 3.8) is 0 Å². The van der Waals surface area contributed by atoms with Crippen LogP contribution in [0, 0.1) is 11.7 Å². The Morgan fingerprint density at radius 3 is 2.56 bits per heavy atom. The second kappa shape index (κ2) is 15.2. The molecule has 12 heteroatoms. The molecular formula is C29H37FN2O9. The fraction of sp³-hybridized carbons (Fsp3) is 0.517. The van der Waals surface area contributed by atoms with Crippen molar-refractivity contribution in [3.8, 4) is 17.2 Å². The number of carbonyl (C=O) groups excluding carboxylic acids is 3. The van der Waals surface area contributed by atoms with Crippen LogP contribution in [0.25, 0.3) is 0 Å². The van der Waals surface area contributed by atoms with E-state index in [0.29, 0.717) is 25.2 Å². The number of nitrogens with zero attached hydrogens (tertiary/aromatic N) is 1. The Balaban J connectivity index is 1.79. The number of methoxy groups -OCH3 is 1. The van der Waals surface area contributed by atoms with Crippen LogP contribution in [0.4, 0.5) is 4.39 Å². The maximum Gasteiger partial charge on any atom is 0.329 e. The highest BCUT2D eigenvalue weighted by molar-refractivity contribution is 5.98. The van der Waals surface area contributed by atoms with Crippen LogP contribution < -0.4 is 19.5 Å². The van der Waals surface area contributed by atoms with E-state index in [1.54, 1.807) is 6.92 Å².